The van der Waals surface area contributed by atoms with Crippen molar-refractivity contribution in [3.8, 4) is 17.1 Å². The van der Waals surface area contributed by atoms with Crippen molar-refractivity contribution in [3.63, 3.8) is 0 Å². The molecule has 2 atom stereocenters. The highest BCUT2D eigenvalue weighted by atomic mass is 35.5. The molecule has 5 aromatic rings. The van der Waals surface area contributed by atoms with Gasteiger partial charge in [0.25, 0.3) is 0 Å². The predicted molar refractivity (Wildman–Crippen MR) is 137 cm³/mol. The van der Waals surface area contributed by atoms with Crippen LogP contribution in [-0.4, -0.2) is 56.5 Å². The molecular formula is C27H24ClF2N5O2. The molecule has 0 saturated carbocycles. The van der Waals surface area contributed by atoms with E-state index >= 15 is 4.39 Å². The van der Waals surface area contributed by atoms with E-state index < -0.39 is 12.0 Å². The predicted octanol–water partition coefficient (Wildman–Crippen LogP) is 6.28. The number of nitrogens with one attached hydrogen (secondary N) is 1. The Labute approximate surface area is 215 Å². The summed E-state index contributed by atoms with van der Waals surface area (Å²) < 4.78 is 42.7. The van der Waals surface area contributed by atoms with Crippen molar-refractivity contribution >= 4 is 44.4 Å². The Bertz CT molecular complexity index is 1720. The molecule has 2 aliphatic heterocycles. The van der Waals surface area contributed by atoms with Gasteiger partial charge in [0.2, 0.25) is 0 Å². The zero-order valence-corrected chi connectivity index (χ0v) is 21.1. The Morgan fingerprint density at radius 1 is 1.22 bits per heavy atom. The number of aromatic nitrogens is 4. The molecular weight excluding hydrogens is 500 g/mol. The zero-order valence-electron chi connectivity index (χ0n) is 20.4. The van der Waals surface area contributed by atoms with Gasteiger partial charge in [-0.3, -0.25) is 10.00 Å². The summed E-state index contributed by atoms with van der Waals surface area (Å²) >= 11 is 6.77. The first-order valence-electron chi connectivity index (χ1n) is 12.4. The third-order valence-electron chi connectivity index (χ3n) is 7.91. The molecule has 0 bridgehead atoms. The van der Waals surface area contributed by atoms with Crippen molar-refractivity contribution in [2.45, 2.75) is 44.8 Å². The molecule has 190 valence electrons. The number of H-pyrrole nitrogens is 1. The van der Waals surface area contributed by atoms with Crippen LogP contribution in [0.1, 0.15) is 30.6 Å². The molecule has 2 fully saturated rings. The van der Waals surface area contributed by atoms with Gasteiger partial charge in [-0.2, -0.15) is 10.1 Å². The fourth-order valence-corrected chi connectivity index (χ4v) is 6.48. The molecule has 37 heavy (non-hydrogen) atoms. The number of nitrogens with zero attached hydrogens (tertiary/aromatic N) is 4. The van der Waals surface area contributed by atoms with Crippen LogP contribution in [0.4, 0.5) is 8.78 Å². The highest BCUT2D eigenvalue weighted by Crippen LogP contribution is 2.45. The van der Waals surface area contributed by atoms with E-state index in [9.17, 15) is 4.39 Å². The number of halogens is 3. The Balaban J connectivity index is 1.40. The van der Waals surface area contributed by atoms with Crippen LogP contribution < -0.4 is 4.74 Å². The van der Waals surface area contributed by atoms with Crippen molar-refractivity contribution in [3.05, 3.63) is 46.7 Å². The monoisotopic (exact) mass is 523 g/mol. The number of hydrogen-bond acceptors (Lipinski definition) is 6. The summed E-state index contributed by atoms with van der Waals surface area (Å²) in [6.07, 6.45) is 4.62. The summed E-state index contributed by atoms with van der Waals surface area (Å²) in [5, 5.41) is 9.37. The molecule has 0 radical (unpaired) electrons. The molecule has 0 spiro atoms. The third-order valence-corrected chi connectivity index (χ3v) is 8.40. The van der Waals surface area contributed by atoms with Gasteiger partial charge in [0, 0.05) is 40.9 Å². The van der Waals surface area contributed by atoms with E-state index in [1.54, 1.807) is 12.4 Å². The van der Waals surface area contributed by atoms with E-state index in [0.29, 0.717) is 51.1 Å². The van der Waals surface area contributed by atoms with Crippen molar-refractivity contribution in [2.75, 3.05) is 19.7 Å². The number of aromatic amines is 1. The van der Waals surface area contributed by atoms with Gasteiger partial charge < -0.3 is 9.15 Å². The summed E-state index contributed by atoms with van der Waals surface area (Å²) in [4.78, 5) is 11.0. The first kappa shape index (κ1) is 22.9. The zero-order chi connectivity index (χ0) is 25.5. The number of aryl methyl sites for hydroxylation is 2. The minimum atomic E-state index is -0.863. The molecule has 0 aliphatic carbocycles. The van der Waals surface area contributed by atoms with E-state index in [1.165, 1.54) is 0 Å². The first-order valence-corrected chi connectivity index (χ1v) is 12.8. The van der Waals surface area contributed by atoms with Crippen LogP contribution in [0, 0.1) is 19.7 Å². The molecule has 7 nitrogen and oxygen atoms in total. The number of fused-ring (bicyclic) bond motifs is 5. The summed E-state index contributed by atoms with van der Waals surface area (Å²) in [7, 11) is 0. The number of benzene rings is 2. The number of rotatable bonds is 4. The van der Waals surface area contributed by atoms with Crippen LogP contribution in [0.5, 0.6) is 6.01 Å². The van der Waals surface area contributed by atoms with E-state index in [1.807, 2.05) is 26.0 Å². The average Bonchev–Trinajstić information content (AvgIpc) is 3.63. The molecule has 2 aliphatic rings. The van der Waals surface area contributed by atoms with Crippen LogP contribution in [0.3, 0.4) is 0 Å². The lowest BCUT2D eigenvalue weighted by Crippen LogP contribution is -2.43. The topological polar surface area (TPSA) is 80.1 Å². The molecule has 2 saturated heterocycles. The van der Waals surface area contributed by atoms with Crippen molar-refractivity contribution in [2.24, 2.45) is 0 Å². The van der Waals surface area contributed by atoms with E-state index in [-0.39, 0.29) is 29.2 Å². The molecule has 3 aromatic heterocycles. The molecule has 1 N–H and O–H groups in total. The molecule has 2 aromatic carbocycles. The standard InChI is InChI=1S/C27H24ClF2N5O2/c1-13-6-19-18(10-32-34-19)20(22(13)28)21-23(30)24-17(16-7-14(2)37-25(16)21)9-31-26(33-24)36-12-27-4-3-5-35(27)11-15(29)8-27/h6-7,9-10,15H,3-5,8,11-12H2,1-2H3,(H,32,34)/t15-,27+/m1/s1. The van der Waals surface area contributed by atoms with E-state index in [2.05, 4.69) is 25.1 Å². The van der Waals surface area contributed by atoms with Crippen LogP contribution in [-0.2, 0) is 0 Å². The van der Waals surface area contributed by atoms with Gasteiger partial charge in [-0.25, -0.2) is 13.8 Å². The number of furan rings is 1. The number of ether oxygens (including phenoxy) is 1. The molecule has 0 amide bonds. The molecule has 7 rings (SSSR count). The van der Waals surface area contributed by atoms with Gasteiger partial charge in [0.05, 0.1) is 27.8 Å². The fraction of sp³-hybridized carbons (Fsp3) is 0.370. The Kier molecular flexibility index (Phi) is 5.00. The van der Waals surface area contributed by atoms with E-state index in [0.717, 1.165) is 30.5 Å². The number of alkyl halides is 1. The van der Waals surface area contributed by atoms with Gasteiger partial charge in [0.15, 0.2) is 5.82 Å². The fourth-order valence-electron chi connectivity index (χ4n) is 6.23. The molecule has 10 heteroatoms. The average molecular weight is 524 g/mol. The normalized spacial score (nSPS) is 22.0. The second-order valence-corrected chi connectivity index (χ2v) is 10.7. The molecule has 5 heterocycles. The lowest BCUT2D eigenvalue weighted by atomic mass is 9.95. The van der Waals surface area contributed by atoms with Crippen LogP contribution in [0.15, 0.2) is 28.9 Å². The van der Waals surface area contributed by atoms with Gasteiger partial charge in [-0.15, -0.1) is 0 Å². The smallest absolute Gasteiger partial charge is 0.317 e. The summed E-state index contributed by atoms with van der Waals surface area (Å²) in [5.41, 5.74) is 2.35. The first-order chi connectivity index (χ1) is 17.8. The van der Waals surface area contributed by atoms with Gasteiger partial charge in [-0.05, 0) is 50.9 Å². The SMILES string of the molecule is Cc1cc2c(o1)c(-c1c(Cl)c(C)cc3[nH]ncc13)c(F)c1nc(OC[C@@]34CCCN3C[C@H](F)C4)ncc12. The Hall–Kier alpha value is -3.30. The maximum Gasteiger partial charge on any atom is 0.317 e. The van der Waals surface area contributed by atoms with E-state index in [4.69, 9.17) is 20.8 Å². The number of hydrogen-bond donors (Lipinski definition) is 1. The maximum atomic E-state index is 16.5. The minimum Gasteiger partial charge on any atom is -0.461 e. The highest BCUT2D eigenvalue weighted by molar-refractivity contribution is 6.36. The van der Waals surface area contributed by atoms with Gasteiger partial charge in [0.1, 0.15) is 29.6 Å². The Morgan fingerprint density at radius 3 is 2.95 bits per heavy atom. The summed E-state index contributed by atoms with van der Waals surface area (Å²) in [5.74, 6) is 0.0440. The third kappa shape index (κ3) is 3.37. The second kappa shape index (κ2) is 8.10. The lowest BCUT2D eigenvalue weighted by Gasteiger charge is -2.30. The summed E-state index contributed by atoms with van der Waals surface area (Å²) in [6.45, 7) is 5.22. The van der Waals surface area contributed by atoms with Gasteiger partial charge >= 0.3 is 6.01 Å². The summed E-state index contributed by atoms with van der Waals surface area (Å²) in [6, 6.07) is 3.78. The van der Waals surface area contributed by atoms with Crippen LogP contribution >= 0.6 is 11.6 Å². The lowest BCUT2D eigenvalue weighted by molar-refractivity contribution is 0.107. The minimum absolute atomic E-state index is 0.0595. The van der Waals surface area contributed by atoms with Crippen molar-refractivity contribution in [1.29, 1.82) is 0 Å². The highest BCUT2D eigenvalue weighted by Gasteiger charge is 2.49. The quantitative estimate of drug-likeness (QED) is 0.298. The van der Waals surface area contributed by atoms with Crippen molar-refractivity contribution in [1.82, 2.24) is 25.1 Å². The second-order valence-electron chi connectivity index (χ2n) is 10.3. The van der Waals surface area contributed by atoms with Crippen LogP contribution in [0.2, 0.25) is 5.02 Å². The van der Waals surface area contributed by atoms with Gasteiger partial charge in [-0.1, -0.05) is 11.6 Å². The maximum absolute atomic E-state index is 16.5. The largest absolute Gasteiger partial charge is 0.461 e. The van der Waals surface area contributed by atoms with Crippen LogP contribution in [0.25, 0.3) is 43.9 Å². The van der Waals surface area contributed by atoms with Crippen molar-refractivity contribution < 1.29 is 17.9 Å². The Morgan fingerprint density at radius 2 is 2.08 bits per heavy atom. The molecule has 0 unspecified atom stereocenters.